The van der Waals surface area contributed by atoms with E-state index < -0.39 is 0 Å². The zero-order chi connectivity index (χ0) is 15.7. The first-order valence-electron chi connectivity index (χ1n) is 7.50. The Morgan fingerprint density at radius 1 is 1.27 bits per heavy atom. The number of nitrogens with zero attached hydrogens (tertiary/aromatic N) is 1. The molecule has 2 amide bonds. The number of morpholine rings is 1. The van der Waals surface area contributed by atoms with E-state index in [9.17, 15) is 9.59 Å². The van der Waals surface area contributed by atoms with Gasteiger partial charge in [-0.05, 0) is 31.0 Å². The average Bonchev–Trinajstić information content (AvgIpc) is 3.32. The quantitative estimate of drug-likeness (QED) is 0.927. The smallest absolute Gasteiger partial charge is 0.228 e. The maximum Gasteiger partial charge on any atom is 0.228 e. The first-order chi connectivity index (χ1) is 10.6. The lowest BCUT2D eigenvalue weighted by Crippen LogP contribution is -2.42. The predicted molar refractivity (Wildman–Crippen MR) is 83.8 cm³/mol. The number of nitrogens with one attached hydrogen (secondary N) is 1. The summed E-state index contributed by atoms with van der Waals surface area (Å²) < 4.78 is 5.24. The number of halogens is 1. The first-order valence-corrected chi connectivity index (χ1v) is 7.87. The van der Waals surface area contributed by atoms with Gasteiger partial charge in [-0.25, -0.2) is 0 Å². The van der Waals surface area contributed by atoms with Crippen LogP contribution in [0.5, 0.6) is 0 Å². The molecule has 118 valence electrons. The Balaban J connectivity index is 1.58. The van der Waals surface area contributed by atoms with Crippen LogP contribution in [0.1, 0.15) is 12.0 Å². The zero-order valence-corrected chi connectivity index (χ0v) is 13.2. The molecule has 0 aromatic heterocycles. The number of hydrogen-bond donors (Lipinski definition) is 1. The highest BCUT2D eigenvalue weighted by atomic mass is 35.5. The van der Waals surface area contributed by atoms with Gasteiger partial charge in [-0.2, -0.15) is 0 Å². The van der Waals surface area contributed by atoms with E-state index in [1.54, 1.807) is 17.0 Å². The molecule has 6 heteroatoms. The summed E-state index contributed by atoms with van der Waals surface area (Å²) in [6.45, 7) is 4.32. The molecule has 2 fully saturated rings. The van der Waals surface area contributed by atoms with Crippen LogP contribution in [0.3, 0.4) is 0 Å². The zero-order valence-electron chi connectivity index (χ0n) is 12.5. The van der Waals surface area contributed by atoms with Crippen LogP contribution in [-0.4, -0.2) is 43.0 Å². The lowest BCUT2D eigenvalue weighted by molar-refractivity contribution is -0.137. The van der Waals surface area contributed by atoms with Crippen LogP contribution in [0.25, 0.3) is 0 Å². The van der Waals surface area contributed by atoms with Crippen molar-refractivity contribution in [2.24, 2.45) is 11.8 Å². The van der Waals surface area contributed by atoms with E-state index >= 15 is 0 Å². The average molecular weight is 323 g/mol. The van der Waals surface area contributed by atoms with Crippen molar-refractivity contribution >= 4 is 29.1 Å². The van der Waals surface area contributed by atoms with Gasteiger partial charge in [0.2, 0.25) is 11.8 Å². The largest absolute Gasteiger partial charge is 0.378 e. The van der Waals surface area contributed by atoms with Crippen LogP contribution in [0.2, 0.25) is 5.02 Å². The number of carbonyl (C=O) groups is 2. The minimum atomic E-state index is -0.228. The summed E-state index contributed by atoms with van der Waals surface area (Å²) in [6.07, 6.45) is 0.627. The van der Waals surface area contributed by atoms with Crippen LogP contribution in [0.15, 0.2) is 18.2 Å². The van der Waals surface area contributed by atoms with E-state index in [0.29, 0.717) is 43.4 Å². The third kappa shape index (κ3) is 3.25. The molecular formula is C16H19ClN2O3. The first kappa shape index (κ1) is 15.3. The Labute approximate surface area is 134 Å². The molecule has 1 N–H and O–H groups in total. The van der Waals surface area contributed by atoms with Crippen molar-refractivity contribution in [2.75, 3.05) is 31.6 Å². The second-order valence-electron chi connectivity index (χ2n) is 5.83. The van der Waals surface area contributed by atoms with Crippen LogP contribution >= 0.6 is 11.6 Å². The Hall–Kier alpha value is -1.59. The lowest BCUT2D eigenvalue weighted by Gasteiger charge is -2.27. The number of hydrogen-bond acceptors (Lipinski definition) is 3. The molecule has 0 spiro atoms. The SMILES string of the molecule is Cc1ccc(Cl)cc1NC(=O)C1CC1C(=O)N1CCOCC1. The van der Waals surface area contributed by atoms with Gasteiger partial charge in [0.25, 0.3) is 0 Å². The van der Waals surface area contributed by atoms with Gasteiger partial charge < -0.3 is 15.0 Å². The molecule has 1 saturated heterocycles. The Bertz CT molecular complexity index is 599. The third-order valence-electron chi connectivity index (χ3n) is 4.22. The van der Waals surface area contributed by atoms with Crippen LogP contribution in [0.4, 0.5) is 5.69 Å². The highest BCUT2D eigenvalue weighted by Crippen LogP contribution is 2.41. The molecule has 3 rings (SSSR count). The molecule has 1 aliphatic heterocycles. The summed E-state index contributed by atoms with van der Waals surface area (Å²) in [5, 5.41) is 3.46. The Kier molecular flexibility index (Phi) is 4.36. The number of anilines is 1. The highest BCUT2D eigenvalue weighted by molar-refractivity contribution is 6.31. The molecule has 2 atom stereocenters. The number of rotatable bonds is 3. The number of aryl methyl sites for hydroxylation is 1. The fourth-order valence-corrected chi connectivity index (χ4v) is 2.90. The monoisotopic (exact) mass is 322 g/mol. The maximum absolute atomic E-state index is 12.3. The molecule has 0 bridgehead atoms. The van der Waals surface area contributed by atoms with Gasteiger partial charge >= 0.3 is 0 Å². The van der Waals surface area contributed by atoms with E-state index in [0.717, 1.165) is 5.56 Å². The molecule has 2 unspecified atom stereocenters. The molecule has 22 heavy (non-hydrogen) atoms. The standard InChI is InChI=1S/C16H19ClN2O3/c1-10-2-3-11(17)8-14(10)18-15(20)12-9-13(12)16(21)19-4-6-22-7-5-19/h2-3,8,12-13H,4-7,9H2,1H3,(H,18,20). The molecule has 1 heterocycles. The van der Waals surface area contributed by atoms with Gasteiger partial charge in [0.1, 0.15) is 0 Å². The fourth-order valence-electron chi connectivity index (χ4n) is 2.73. The van der Waals surface area contributed by atoms with Crippen molar-refractivity contribution in [3.05, 3.63) is 28.8 Å². The fraction of sp³-hybridized carbons (Fsp3) is 0.500. The second kappa shape index (κ2) is 6.26. The summed E-state index contributed by atoms with van der Waals surface area (Å²) in [6, 6.07) is 5.38. The van der Waals surface area contributed by atoms with Gasteiger partial charge in [-0.1, -0.05) is 17.7 Å². The summed E-state index contributed by atoms with van der Waals surface area (Å²) in [5.74, 6) is -0.436. The maximum atomic E-state index is 12.3. The van der Waals surface area contributed by atoms with Crippen molar-refractivity contribution in [3.63, 3.8) is 0 Å². The van der Waals surface area contributed by atoms with Crippen LogP contribution in [0, 0.1) is 18.8 Å². The molecule has 0 radical (unpaired) electrons. The van der Waals surface area contributed by atoms with Crippen molar-refractivity contribution in [3.8, 4) is 0 Å². The van der Waals surface area contributed by atoms with Gasteiger partial charge in [-0.3, -0.25) is 9.59 Å². The molecule has 1 saturated carbocycles. The molecular weight excluding hydrogens is 304 g/mol. The summed E-state index contributed by atoms with van der Waals surface area (Å²) in [7, 11) is 0. The molecule has 1 aromatic carbocycles. The minimum absolute atomic E-state index is 0.0752. The van der Waals surface area contributed by atoms with Crippen molar-refractivity contribution in [1.82, 2.24) is 4.90 Å². The van der Waals surface area contributed by atoms with Gasteiger partial charge in [0.05, 0.1) is 25.0 Å². The molecule has 2 aliphatic rings. The second-order valence-corrected chi connectivity index (χ2v) is 6.27. The Morgan fingerprint density at radius 2 is 2.00 bits per heavy atom. The summed E-state index contributed by atoms with van der Waals surface area (Å²) in [4.78, 5) is 26.4. The van der Waals surface area contributed by atoms with Gasteiger partial charge in [-0.15, -0.1) is 0 Å². The summed E-state index contributed by atoms with van der Waals surface area (Å²) in [5.41, 5.74) is 1.66. The lowest BCUT2D eigenvalue weighted by atomic mass is 10.2. The normalized spacial score (nSPS) is 24.0. The van der Waals surface area contributed by atoms with Crippen LogP contribution < -0.4 is 5.32 Å². The third-order valence-corrected chi connectivity index (χ3v) is 4.46. The van der Waals surface area contributed by atoms with Gasteiger partial charge in [0.15, 0.2) is 0 Å². The number of benzene rings is 1. The minimum Gasteiger partial charge on any atom is -0.378 e. The van der Waals surface area contributed by atoms with Gasteiger partial charge in [0, 0.05) is 23.8 Å². The van der Waals surface area contributed by atoms with E-state index in [-0.39, 0.29) is 23.7 Å². The van der Waals surface area contributed by atoms with Crippen molar-refractivity contribution in [2.45, 2.75) is 13.3 Å². The van der Waals surface area contributed by atoms with Crippen molar-refractivity contribution in [1.29, 1.82) is 0 Å². The van der Waals surface area contributed by atoms with Crippen LogP contribution in [-0.2, 0) is 14.3 Å². The highest BCUT2D eigenvalue weighted by Gasteiger charge is 2.49. The summed E-state index contributed by atoms with van der Waals surface area (Å²) >= 11 is 5.95. The number of carbonyl (C=O) groups excluding carboxylic acids is 2. The van der Waals surface area contributed by atoms with Crippen molar-refractivity contribution < 1.29 is 14.3 Å². The Morgan fingerprint density at radius 3 is 2.73 bits per heavy atom. The molecule has 1 aromatic rings. The number of amides is 2. The molecule has 1 aliphatic carbocycles. The van der Waals surface area contributed by atoms with E-state index in [4.69, 9.17) is 16.3 Å². The van der Waals surface area contributed by atoms with E-state index in [2.05, 4.69) is 5.32 Å². The predicted octanol–water partition coefficient (Wildman–Crippen LogP) is 2.08. The number of ether oxygens (including phenoxy) is 1. The van der Waals surface area contributed by atoms with E-state index in [1.807, 2.05) is 13.0 Å². The molecule has 5 nitrogen and oxygen atoms in total. The topological polar surface area (TPSA) is 58.6 Å². The van der Waals surface area contributed by atoms with E-state index in [1.165, 1.54) is 0 Å².